The molecule has 0 amide bonds. The van der Waals surface area contributed by atoms with Crippen molar-refractivity contribution in [3.8, 4) is 0 Å². The number of nitrogens with zero attached hydrogens (tertiary/aromatic N) is 2. The maximum absolute atomic E-state index is 10.8. The first-order valence-corrected chi connectivity index (χ1v) is 6.84. The van der Waals surface area contributed by atoms with Crippen LogP contribution >= 0.6 is 11.3 Å². The van der Waals surface area contributed by atoms with Crippen LogP contribution in [-0.4, -0.2) is 9.91 Å². The first kappa shape index (κ1) is 13.5. The fourth-order valence-electron chi connectivity index (χ4n) is 1.69. The summed E-state index contributed by atoms with van der Waals surface area (Å²) in [6.45, 7) is 4.44. The van der Waals surface area contributed by atoms with Crippen molar-refractivity contribution < 1.29 is 4.92 Å². The molecule has 6 heteroatoms. The predicted molar refractivity (Wildman–Crippen MR) is 76.7 cm³/mol. The molecule has 0 radical (unpaired) electrons. The quantitative estimate of drug-likeness (QED) is 0.670. The fourth-order valence-corrected chi connectivity index (χ4v) is 2.59. The molecule has 2 rings (SSSR count). The number of rotatable bonds is 5. The van der Waals surface area contributed by atoms with Gasteiger partial charge in [-0.1, -0.05) is 6.92 Å². The minimum absolute atomic E-state index is 0.0953. The Balaban J connectivity index is 2.07. The van der Waals surface area contributed by atoms with Crippen molar-refractivity contribution in [2.75, 3.05) is 5.32 Å². The number of hydrogen-bond acceptors (Lipinski definition) is 5. The number of nitrogens with one attached hydrogen (secondary N) is 1. The van der Waals surface area contributed by atoms with E-state index in [-0.39, 0.29) is 10.6 Å². The van der Waals surface area contributed by atoms with Crippen molar-refractivity contribution in [2.24, 2.45) is 0 Å². The molecule has 0 atom stereocenters. The zero-order valence-corrected chi connectivity index (χ0v) is 11.7. The Bertz CT molecular complexity index is 595. The van der Waals surface area contributed by atoms with Crippen molar-refractivity contribution in [1.82, 2.24) is 4.98 Å². The SMILES string of the molecule is CCc1ccc(CNc2cc([N+](=O)[O-])c(C)cn2)s1. The second-order valence-corrected chi connectivity index (χ2v) is 5.44. The van der Waals surface area contributed by atoms with Crippen LogP contribution in [0.2, 0.25) is 0 Å². The normalized spacial score (nSPS) is 10.4. The van der Waals surface area contributed by atoms with Crippen molar-refractivity contribution in [3.63, 3.8) is 0 Å². The van der Waals surface area contributed by atoms with Gasteiger partial charge in [-0.25, -0.2) is 4.98 Å². The second kappa shape index (κ2) is 5.79. The average molecular weight is 277 g/mol. The fraction of sp³-hybridized carbons (Fsp3) is 0.308. The second-order valence-electron chi connectivity index (χ2n) is 4.19. The summed E-state index contributed by atoms with van der Waals surface area (Å²) in [5, 5.41) is 14.0. The minimum Gasteiger partial charge on any atom is -0.365 e. The highest BCUT2D eigenvalue weighted by Crippen LogP contribution is 2.22. The Kier molecular flexibility index (Phi) is 4.11. The molecule has 0 aliphatic heterocycles. The molecule has 0 saturated heterocycles. The van der Waals surface area contributed by atoms with E-state index in [1.807, 2.05) is 0 Å². The maximum Gasteiger partial charge on any atom is 0.277 e. The van der Waals surface area contributed by atoms with E-state index in [0.29, 0.717) is 17.9 Å². The zero-order valence-electron chi connectivity index (χ0n) is 10.8. The van der Waals surface area contributed by atoms with E-state index in [1.165, 1.54) is 22.0 Å². The van der Waals surface area contributed by atoms with Gasteiger partial charge in [0.25, 0.3) is 5.69 Å². The maximum atomic E-state index is 10.8. The Morgan fingerprint density at radius 3 is 2.79 bits per heavy atom. The zero-order chi connectivity index (χ0) is 13.8. The highest BCUT2D eigenvalue weighted by Gasteiger charge is 2.11. The summed E-state index contributed by atoms with van der Waals surface area (Å²) in [5.74, 6) is 0.531. The van der Waals surface area contributed by atoms with Gasteiger partial charge in [0.05, 0.1) is 17.5 Å². The lowest BCUT2D eigenvalue weighted by Crippen LogP contribution is -2.01. The van der Waals surface area contributed by atoms with E-state index < -0.39 is 0 Å². The van der Waals surface area contributed by atoms with Gasteiger partial charge in [-0.15, -0.1) is 11.3 Å². The van der Waals surface area contributed by atoms with E-state index in [4.69, 9.17) is 0 Å². The van der Waals surface area contributed by atoms with Gasteiger partial charge in [0.2, 0.25) is 0 Å². The third-order valence-electron chi connectivity index (χ3n) is 2.78. The Morgan fingerprint density at radius 1 is 1.42 bits per heavy atom. The summed E-state index contributed by atoms with van der Waals surface area (Å²) in [6, 6.07) is 5.65. The molecule has 2 heterocycles. The van der Waals surface area contributed by atoms with Gasteiger partial charge in [0.1, 0.15) is 5.82 Å². The molecular formula is C13H15N3O2S. The molecule has 100 valence electrons. The topological polar surface area (TPSA) is 68.1 Å². The molecule has 0 saturated carbocycles. The standard InChI is InChI=1S/C13H15N3O2S/c1-3-10-4-5-11(19-10)8-15-13-6-12(16(17)18)9(2)7-14-13/h4-7H,3,8H2,1-2H3,(H,14,15). The highest BCUT2D eigenvalue weighted by molar-refractivity contribution is 7.12. The Labute approximate surface area is 115 Å². The molecule has 0 spiro atoms. The van der Waals surface area contributed by atoms with Gasteiger partial charge in [-0.05, 0) is 25.5 Å². The van der Waals surface area contributed by atoms with Gasteiger partial charge in [0, 0.05) is 21.5 Å². The molecule has 0 aliphatic rings. The van der Waals surface area contributed by atoms with Gasteiger partial charge < -0.3 is 5.32 Å². The summed E-state index contributed by atoms with van der Waals surface area (Å²) in [6.07, 6.45) is 2.55. The van der Waals surface area contributed by atoms with Gasteiger partial charge >= 0.3 is 0 Å². The van der Waals surface area contributed by atoms with Crippen molar-refractivity contribution in [3.05, 3.63) is 49.8 Å². The number of aromatic nitrogens is 1. The van der Waals surface area contributed by atoms with E-state index in [2.05, 4.69) is 29.4 Å². The molecule has 0 fully saturated rings. The third kappa shape index (κ3) is 3.29. The van der Waals surface area contributed by atoms with E-state index in [0.717, 1.165) is 6.42 Å². The minimum atomic E-state index is -0.386. The number of nitro groups is 1. The molecule has 19 heavy (non-hydrogen) atoms. The van der Waals surface area contributed by atoms with Gasteiger partial charge in [0.15, 0.2) is 0 Å². The number of hydrogen-bond donors (Lipinski definition) is 1. The smallest absolute Gasteiger partial charge is 0.277 e. The molecule has 0 aromatic carbocycles. The molecular weight excluding hydrogens is 262 g/mol. The largest absolute Gasteiger partial charge is 0.365 e. The van der Waals surface area contributed by atoms with Crippen LogP contribution in [0.3, 0.4) is 0 Å². The van der Waals surface area contributed by atoms with Crippen molar-refractivity contribution in [1.29, 1.82) is 0 Å². The van der Waals surface area contributed by atoms with E-state index in [1.54, 1.807) is 18.3 Å². The Hall–Kier alpha value is -1.95. The van der Waals surface area contributed by atoms with Crippen molar-refractivity contribution >= 4 is 22.8 Å². The average Bonchev–Trinajstić information content (AvgIpc) is 2.85. The number of aryl methyl sites for hydroxylation is 2. The summed E-state index contributed by atoms with van der Waals surface area (Å²) >= 11 is 1.74. The predicted octanol–water partition coefficient (Wildman–Crippen LogP) is 3.53. The lowest BCUT2D eigenvalue weighted by Gasteiger charge is -2.04. The molecule has 0 unspecified atom stereocenters. The van der Waals surface area contributed by atoms with Crippen LogP contribution in [0, 0.1) is 17.0 Å². The lowest BCUT2D eigenvalue weighted by molar-refractivity contribution is -0.385. The highest BCUT2D eigenvalue weighted by atomic mass is 32.1. The third-order valence-corrected chi connectivity index (χ3v) is 4.01. The number of anilines is 1. The molecule has 1 N–H and O–H groups in total. The van der Waals surface area contributed by atoms with Crippen LogP contribution in [0.5, 0.6) is 0 Å². The van der Waals surface area contributed by atoms with E-state index in [9.17, 15) is 10.1 Å². The molecule has 5 nitrogen and oxygen atoms in total. The monoisotopic (exact) mass is 277 g/mol. The lowest BCUT2D eigenvalue weighted by atomic mass is 10.2. The summed E-state index contributed by atoms with van der Waals surface area (Å²) in [5.41, 5.74) is 0.665. The van der Waals surface area contributed by atoms with Crippen LogP contribution in [0.15, 0.2) is 24.4 Å². The molecule has 2 aromatic rings. The summed E-state index contributed by atoms with van der Waals surface area (Å²) in [7, 11) is 0. The van der Waals surface area contributed by atoms with Crippen LogP contribution < -0.4 is 5.32 Å². The first-order valence-electron chi connectivity index (χ1n) is 6.02. The number of thiophene rings is 1. The van der Waals surface area contributed by atoms with Crippen molar-refractivity contribution in [2.45, 2.75) is 26.8 Å². The molecule has 0 bridgehead atoms. The summed E-state index contributed by atoms with van der Waals surface area (Å²) in [4.78, 5) is 17.1. The van der Waals surface area contributed by atoms with Crippen LogP contribution in [0.1, 0.15) is 22.2 Å². The number of pyridine rings is 1. The van der Waals surface area contributed by atoms with Crippen LogP contribution in [0.25, 0.3) is 0 Å². The van der Waals surface area contributed by atoms with Gasteiger partial charge in [-0.2, -0.15) is 0 Å². The van der Waals surface area contributed by atoms with Crippen LogP contribution in [-0.2, 0) is 13.0 Å². The first-order chi connectivity index (χ1) is 9.10. The summed E-state index contributed by atoms with van der Waals surface area (Å²) < 4.78 is 0. The van der Waals surface area contributed by atoms with Gasteiger partial charge in [-0.3, -0.25) is 10.1 Å². The molecule has 2 aromatic heterocycles. The molecule has 0 aliphatic carbocycles. The Morgan fingerprint density at radius 2 is 2.16 bits per heavy atom. The van der Waals surface area contributed by atoms with E-state index >= 15 is 0 Å². The van der Waals surface area contributed by atoms with Crippen LogP contribution in [0.4, 0.5) is 11.5 Å².